The van der Waals surface area contributed by atoms with E-state index in [1.807, 2.05) is 27.7 Å². The number of β-amino-alcohol motifs (C(OH)–C–C–N with tert-alkyl or cyclic N) is 1. The van der Waals surface area contributed by atoms with E-state index in [9.17, 15) is 8.42 Å². The van der Waals surface area contributed by atoms with Crippen molar-refractivity contribution in [3.8, 4) is 0 Å². The summed E-state index contributed by atoms with van der Waals surface area (Å²) in [4.78, 5) is 10.3. The summed E-state index contributed by atoms with van der Waals surface area (Å²) in [6.45, 7) is 10.1. The van der Waals surface area contributed by atoms with Gasteiger partial charge < -0.3 is 19.3 Å². The Bertz CT molecular complexity index is 767. The highest BCUT2D eigenvalue weighted by Gasteiger charge is 2.52. The minimum atomic E-state index is -3.58. The van der Waals surface area contributed by atoms with Gasteiger partial charge in [0.1, 0.15) is 0 Å². The molecule has 10 heteroatoms. The van der Waals surface area contributed by atoms with Crippen LogP contribution in [0.15, 0.2) is 17.6 Å². The fourth-order valence-electron chi connectivity index (χ4n) is 3.60. The molecule has 0 unspecified atom stereocenters. The molecule has 2 aliphatic heterocycles. The molecule has 1 aromatic rings. The Balaban J connectivity index is 1.67. The van der Waals surface area contributed by atoms with Crippen LogP contribution in [0, 0.1) is 5.92 Å². The molecule has 0 amide bonds. The van der Waals surface area contributed by atoms with Crippen molar-refractivity contribution in [3.63, 3.8) is 0 Å². The highest BCUT2D eigenvalue weighted by atomic mass is 32.2. The first-order chi connectivity index (χ1) is 13.0. The number of nitrogens with zero attached hydrogens (tertiary/aromatic N) is 3. The molecule has 0 aliphatic carbocycles. The van der Waals surface area contributed by atoms with Crippen molar-refractivity contribution in [2.45, 2.75) is 56.9 Å². The fraction of sp³-hybridized carbons (Fsp3) is 0.778. The number of aliphatic hydroxyl groups excluding tert-OH is 1. The molecule has 3 rings (SSSR count). The number of aliphatic hydroxyl groups is 1. The zero-order chi connectivity index (χ0) is 20.6. The predicted octanol–water partition coefficient (Wildman–Crippen LogP) is 0.254. The lowest BCUT2D eigenvalue weighted by Gasteiger charge is -2.32. The van der Waals surface area contributed by atoms with Crippen LogP contribution in [0.25, 0.3) is 0 Å². The second-order valence-electron chi connectivity index (χ2n) is 8.70. The first-order valence-corrected chi connectivity index (χ1v) is 11.4. The summed E-state index contributed by atoms with van der Waals surface area (Å²) in [5, 5.41) is 8.94. The van der Waals surface area contributed by atoms with Gasteiger partial charge >= 0.3 is 7.12 Å². The molecule has 1 aromatic heterocycles. The quantitative estimate of drug-likeness (QED) is 0.525. The third kappa shape index (κ3) is 4.57. The maximum Gasteiger partial charge on any atom is 0.498 e. The number of hydrogen-bond acceptors (Lipinski definition) is 8. The van der Waals surface area contributed by atoms with Gasteiger partial charge in [0.05, 0.1) is 23.6 Å². The van der Waals surface area contributed by atoms with Gasteiger partial charge in [0, 0.05) is 30.9 Å². The summed E-state index contributed by atoms with van der Waals surface area (Å²) >= 11 is 0. The highest BCUT2D eigenvalue weighted by molar-refractivity contribution is 7.91. The number of rotatable bonds is 6. The lowest BCUT2D eigenvalue weighted by Crippen LogP contribution is -2.41. The second-order valence-corrected chi connectivity index (χ2v) is 10.6. The van der Waals surface area contributed by atoms with Gasteiger partial charge in [-0.1, -0.05) is 0 Å². The fourth-order valence-corrected chi connectivity index (χ4v) is 5.07. The van der Waals surface area contributed by atoms with Crippen molar-refractivity contribution in [2.24, 2.45) is 5.92 Å². The van der Waals surface area contributed by atoms with Gasteiger partial charge in [0.15, 0.2) is 0 Å². The molecule has 0 radical (unpaired) electrons. The van der Waals surface area contributed by atoms with Crippen LogP contribution in [-0.2, 0) is 19.1 Å². The standard InChI is InChI=1S/C18H30BN3O5S/c1-17(2)18(3,4)27-19(26-17)15-10-20-16(21-11-15)28(24,25)13-14-6-5-7-22(12-14)8-9-23/h10-11,14,23H,5-9,12-13H2,1-4H3/t14-/m1/s1. The summed E-state index contributed by atoms with van der Waals surface area (Å²) in [5.74, 6) is 0.0433. The smallest absolute Gasteiger partial charge is 0.399 e. The van der Waals surface area contributed by atoms with E-state index in [1.165, 1.54) is 12.4 Å². The Kier molecular flexibility index (Phi) is 6.17. The molecule has 0 aromatic carbocycles. The van der Waals surface area contributed by atoms with Crippen molar-refractivity contribution >= 4 is 22.4 Å². The van der Waals surface area contributed by atoms with E-state index in [2.05, 4.69) is 14.9 Å². The average molecular weight is 411 g/mol. The Morgan fingerprint density at radius 1 is 1.21 bits per heavy atom. The zero-order valence-electron chi connectivity index (χ0n) is 17.1. The molecular weight excluding hydrogens is 381 g/mol. The first-order valence-electron chi connectivity index (χ1n) is 9.78. The zero-order valence-corrected chi connectivity index (χ0v) is 17.9. The highest BCUT2D eigenvalue weighted by Crippen LogP contribution is 2.36. The molecule has 28 heavy (non-hydrogen) atoms. The second kappa shape index (κ2) is 7.99. The average Bonchev–Trinajstić information content (AvgIpc) is 2.83. The van der Waals surface area contributed by atoms with Crippen LogP contribution in [0.3, 0.4) is 0 Å². The van der Waals surface area contributed by atoms with E-state index in [1.54, 1.807) is 0 Å². The number of hydrogen-bond donors (Lipinski definition) is 1. The monoisotopic (exact) mass is 411 g/mol. The maximum absolute atomic E-state index is 12.7. The van der Waals surface area contributed by atoms with E-state index in [4.69, 9.17) is 14.4 Å². The summed E-state index contributed by atoms with van der Waals surface area (Å²) in [7, 11) is -4.20. The van der Waals surface area contributed by atoms with Crippen LogP contribution in [0.1, 0.15) is 40.5 Å². The molecule has 3 heterocycles. The summed E-state index contributed by atoms with van der Waals surface area (Å²) in [6.07, 6.45) is 4.73. The van der Waals surface area contributed by atoms with Crippen molar-refractivity contribution < 1.29 is 22.8 Å². The van der Waals surface area contributed by atoms with Gasteiger partial charge in [-0.15, -0.1) is 0 Å². The van der Waals surface area contributed by atoms with Crippen molar-refractivity contribution in [3.05, 3.63) is 12.4 Å². The molecule has 2 fully saturated rings. The molecule has 156 valence electrons. The lowest BCUT2D eigenvalue weighted by molar-refractivity contribution is 0.00578. The maximum atomic E-state index is 12.7. The summed E-state index contributed by atoms with van der Waals surface area (Å²) in [5.41, 5.74) is -0.363. The predicted molar refractivity (Wildman–Crippen MR) is 106 cm³/mol. The van der Waals surface area contributed by atoms with Gasteiger partial charge in [0.25, 0.3) is 0 Å². The van der Waals surface area contributed by atoms with Crippen LogP contribution in [-0.4, -0.2) is 78.7 Å². The van der Waals surface area contributed by atoms with Crippen LogP contribution in [0.2, 0.25) is 0 Å². The van der Waals surface area contributed by atoms with E-state index >= 15 is 0 Å². The molecule has 0 bridgehead atoms. The van der Waals surface area contributed by atoms with E-state index in [0.29, 0.717) is 18.6 Å². The van der Waals surface area contributed by atoms with Crippen LogP contribution >= 0.6 is 0 Å². The number of piperidine rings is 1. The van der Waals surface area contributed by atoms with Gasteiger partial charge in [0.2, 0.25) is 15.0 Å². The summed E-state index contributed by atoms with van der Waals surface area (Å²) in [6, 6.07) is 0. The first kappa shape index (κ1) is 21.6. The molecular formula is C18H30BN3O5S. The van der Waals surface area contributed by atoms with Crippen LogP contribution in [0.4, 0.5) is 0 Å². The molecule has 8 nitrogen and oxygen atoms in total. The molecule has 0 spiro atoms. The number of likely N-dealkylation sites (tertiary alicyclic amines) is 1. The lowest BCUT2D eigenvalue weighted by atomic mass is 9.81. The third-order valence-electron chi connectivity index (χ3n) is 5.93. The van der Waals surface area contributed by atoms with Crippen LogP contribution < -0.4 is 5.46 Å². The Labute approximate surface area is 167 Å². The Morgan fingerprint density at radius 3 is 2.39 bits per heavy atom. The van der Waals surface area contributed by atoms with E-state index < -0.39 is 28.2 Å². The topological polar surface area (TPSA) is 102 Å². The molecule has 0 saturated carbocycles. The number of sulfone groups is 1. The minimum absolute atomic E-state index is 0.0186. The van der Waals surface area contributed by atoms with Crippen molar-refractivity contribution in [2.75, 3.05) is 32.0 Å². The van der Waals surface area contributed by atoms with E-state index in [-0.39, 0.29) is 23.4 Å². The molecule has 2 saturated heterocycles. The normalized spacial score (nSPS) is 25.2. The largest absolute Gasteiger partial charge is 0.498 e. The van der Waals surface area contributed by atoms with Gasteiger partial charge in [-0.25, -0.2) is 18.4 Å². The molecule has 1 atom stereocenters. The van der Waals surface area contributed by atoms with Gasteiger partial charge in [-0.05, 0) is 53.0 Å². The Morgan fingerprint density at radius 2 is 1.82 bits per heavy atom. The van der Waals surface area contributed by atoms with E-state index in [0.717, 1.165) is 19.4 Å². The number of aromatic nitrogens is 2. The Hall–Kier alpha value is -1.07. The minimum Gasteiger partial charge on any atom is -0.399 e. The van der Waals surface area contributed by atoms with Crippen LogP contribution in [0.5, 0.6) is 0 Å². The van der Waals surface area contributed by atoms with Gasteiger partial charge in [-0.2, -0.15) is 0 Å². The van der Waals surface area contributed by atoms with Crippen molar-refractivity contribution in [1.29, 1.82) is 0 Å². The third-order valence-corrected chi connectivity index (χ3v) is 7.60. The summed E-state index contributed by atoms with van der Waals surface area (Å²) < 4.78 is 37.4. The van der Waals surface area contributed by atoms with Crippen molar-refractivity contribution in [1.82, 2.24) is 14.9 Å². The molecule has 1 N–H and O–H groups in total. The van der Waals surface area contributed by atoms with Gasteiger partial charge in [-0.3, -0.25) is 0 Å². The molecule has 2 aliphatic rings. The SMILES string of the molecule is CC1(C)OB(c2cnc(S(=O)(=O)C[C@@H]3CCCN(CCO)C3)nc2)OC1(C)C.